The fourth-order valence-corrected chi connectivity index (χ4v) is 2.94. The summed E-state index contributed by atoms with van der Waals surface area (Å²) in [4.78, 5) is 21.0. The topological polar surface area (TPSA) is 81.7 Å². The van der Waals surface area contributed by atoms with Crippen molar-refractivity contribution in [2.75, 3.05) is 52.8 Å². The van der Waals surface area contributed by atoms with Crippen LogP contribution in [0, 0.1) is 0 Å². The van der Waals surface area contributed by atoms with E-state index in [0.29, 0.717) is 12.5 Å². The normalized spacial score (nSPS) is 11.1. The van der Waals surface area contributed by atoms with Crippen molar-refractivity contribution in [1.82, 2.24) is 20.5 Å². The number of hydrogen-bond donors (Lipinski definition) is 3. The van der Waals surface area contributed by atoms with Crippen molar-refractivity contribution in [2.24, 2.45) is 4.99 Å². The number of halogens is 1. The van der Waals surface area contributed by atoms with Gasteiger partial charge in [0.25, 0.3) is 0 Å². The van der Waals surface area contributed by atoms with Gasteiger partial charge in [0.1, 0.15) is 12.3 Å². The molecule has 0 bridgehead atoms. The van der Waals surface area contributed by atoms with Gasteiger partial charge < -0.3 is 25.3 Å². The van der Waals surface area contributed by atoms with E-state index in [9.17, 15) is 4.79 Å². The van der Waals surface area contributed by atoms with Crippen LogP contribution in [0.2, 0.25) is 0 Å². The number of carbonyl (C=O) groups is 1. The van der Waals surface area contributed by atoms with Gasteiger partial charge in [0, 0.05) is 50.0 Å². The number of nitrogens with one attached hydrogen (secondary N) is 3. The molecule has 2 aromatic rings. The molecule has 28 heavy (non-hydrogen) atoms. The average Bonchev–Trinajstić information content (AvgIpc) is 3.08. The Hall–Kier alpha value is -1.62. The number of benzene rings is 1. The molecule has 9 heteroatoms. The van der Waals surface area contributed by atoms with Crippen molar-refractivity contribution in [3.8, 4) is 5.75 Å². The quantitative estimate of drug-likeness (QED) is 0.205. The van der Waals surface area contributed by atoms with E-state index in [2.05, 4.69) is 26.9 Å². The van der Waals surface area contributed by atoms with E-state index in [1.165, 1.54) is 5.56 Å². The number of amides is 1. The van der Waals surface area contributed by atoms with Gasteiger partial charge in [0.15, 0.2) is 5.96 Å². The van der Waals surface area contributed by atoms with Crippen LogP contribution in [0.1, 0.15) is 5.56 Å². The van der Waals surface area contributed by atoms with Crippen molar-refractivity contribution in [3.63, 3.8) is 0 Å². The molecular weight excluding hydrogens is 489 g/mol. The van der Waals surface area contributed by atoms with E-state index < -0.39 is 0 Å². The molecule has 7 nitrogen and oxygen atoms in total. The van der Waals surface area contributed by atoms with Crippen molar-refractivity contribution >= 4 is 58.5 Å². The number of ether oxygens (including phenoxy) is 1. The second-order valence-corrected chi connectivity index (χ2v) is 7.23. The molecule has 156 valence electrons. The number of aromatic amines is 1. The molecule has 0 atom stereocenters. The van der Waals surface area contributed by atoms with Gasteiger partial charge in [0.05, 0.1) is 7.11 Å². The van der Waals surface area contributed by atoms with Crippen molar-refractivity contribution in [1.29, 1.82) is 0 Å². The summed E-state index contributed by atoms with van der Waals surface area (Å²) in [5.74, 6) is 2.47. The lowest BCUT2D eigenvalue weighted by molar-refractivity contribution is -0.127. The Bertz CT molecular complexity index is 779. The van der Waals surface area contributed by atoms with E-state index in [-0.39, 0.29) is 36.4 Å². The van der Waals surface area contributed by atoms with E-state index in [0.717, 1.165) is 35.4 Å². The van der Waals surface area contributed by atoms with Gasteiger partial charge >= 0.3 is 0 Å². The van der Waals surface area contributed by atoms with Crippen LogP contribution < -0.4 is 15.4 Å². The standard InChI is InChI=1S/C19H29N5O2S.HI/c1-24(2)17(25)13-23-19(21-10-11-27-4)20-9-8-14-12-22-15-6-5-7-16(26-3)18(14)15;/h5-7,12,22H,8-11,13H2,1-4H3,(H2,20,21,23);1H. The number of likely N-dealkylation sites (N-methyl/N-ethyl adjacent to an activating group) is 1. The summed E-state index contributed by atoms with van der Waals surface area (Å²) in [5, 5.41) is 7.70. The number of aromatic nitrogens is 1. The summed E-state index contributed by atoms with van der Waals surface area (Å²) in [6.07, 6.45) is 4.89. The van der Waals surface area contributed by atoms with Crippen LogP contribution in [0.5, 0.6) is 5.75 Å². The van der Waals surface area contributed by atoms with Gasteiger partial charge in [-0.3, -0.25) is 4.79 Å². The molecule has 0 spiro atoms. The van der Waals surface area contributed by atoms with Crippen LogP contribution in [0.25, 0.3) is 10.9 Å². The minimum absolute atomic E-state index is 0. The largest absolute Gasteiger partial charge is 0.496 e. The van der Waals surface area contributed by atoms with Crippen LogP contribution >= 0.6 is 35.7 Å². The maximum absolute atomic E-state index is 11.8. The van der Waals surface area contributed by atoms with Crippen molar-refractivity contribution in [2.45, 2.75) is 6.42 Å². The number of carbonyl (C=O) groups excluding carboxylic acids is 1. The summed E-state index contributed by atoms with van der Waals surface area (Å²) >= 11 is 1.76. The Morgan fingerprint density at radius 3 is 2.71 bits per heavy atom. The van der Waals surface area contributed by atoms with Gasteiger partial charge in [-0.2, -0.15) is 11.8 Å². The molecule has 2 rings (SSSR count). The number of guanidine groups is 1. The predicted molar refractivity (Wildman–Crippen MR) is 129 cm³/mol. The zero-order valence-corrected chi connectivity index (χ0v) is 20.0. The minimum atomic E-state index is -0.0256. The van der Waals surface area contributed by atoms with Crippen LogP contribution in [0.4, 0.5) is 0 Å². The Morgan fingerprint density at radius 2 is 2.04 bits per heavy atom. The summed E-state index contributed by atoms with van der Waals surface area (Å²) in [5.41, 5.74) is 2.25. The number of rotatable bonds is 9. The average molecular weight is 519 g/mol. The fourth-order valence-electron chi connectivity index (χ4n) is 2.64. The van der Waals surface area contributed by atoms with Crippen LogP contribution in [-0.4, -0.2) is 74.6 Å². The highest BCUT2D eigenvalue weighted by Crippen LogP contribution is 2.28. The summed E-state index contributed by atoms with van der Waals surface area (Å²) < 4.78 is 5.49. The maximum atomic E-state index is 11.8. The fraction of sp³-hybridized carbons (Fsp3) is 0.474. The van der Waals surface area contributed by atoms with Crippen LogP contribution in [0.3, 0.4) is 0 Å². The van der Waals surface area contributed by atoms with E-state index in [1.54, 1.807) is 37.9 Å². The Kier molecular flexibility index (Phi) is 11.1. The molecule has 0 radical (unpaired) electrons. The number of methoxy groups -OCH3 is 1. The first kappa shape index (κ1) is 24.4. The third-order valence-corrected chi connectivity index (χ3v) is 4.74. The van der Waals surface area contributed by atoms with E-state index in [1.807, 2.05) is 24.4 Å². The molecule has 1 aromatic heterocycles. The van der Waals surface area contributed by atoms with Crippen LogP contribution in [0.15, 0.2) is 29.4 Å². The van der Waals surface area contributed by atoms with Gasteiger partial charge in [0.2, 0.25) is 5.91 Å². The predicted octanol–water partition coefficient (Wildman–Crippen LogP) is 2.32. The number of H-pyrrole nitrogens is 1. The van der Waals surface area contributed by atoms with Gasteiger partial charge in [-0.25, -0.2) is 4.99 Å². The van der Waals surface area contributed by atoms with Crippen molar-refractivity contribution < 1.29 is 9.53 Å². The Balaban J connectivity index is 0.00000392. The molecule has 3 N–H and O–H groups in total. The Labute approximate surface area is 188 Å². The summed E-state index contributed by atoms with van der Waals surface area (Å²) in [7, 11) is 5.15. The second kappa shape index (κ2) is 12.8. The molecule has 0 aliphatic carbocycles. The van der Waals surface area contributed by atoms with E-state index in [4.69, 9.17) is 4.74 Å². The first-order valence-corrected chi connectivity index (χ1v) is 10.3. The molecule has 1 heterocycles. The Morgan fingerprint density at radius 1 is 1.29 bits per heavy atom. The zero-order valence-electron chi connectivity index (χ0n) is 16.9. The molecule has 1 aromatic carbocycles. The van der Waals surface area contributed by atoms with Gasteiger partial charge in [-0.05, 0) is 30.4 Å². The number of nitrogens with zero attached hydrogens (tertiary/aromatic N) is 2. The number of aliphatic imine (C=N–C) groups is 1. The highest BCUT2D eigenvalue weighted by molar-refractivity contribution is 14.0. The van der Waals surface area contributed by atoms with Crippen LogP contribution in [-0.2, 0) is 11.2 Å². The summed E-state index contributed by atoms with van der Waals surface area (Å²) in [6, 6.07) is 5.98. The SMILES string of the molecule is COc1cccc2[nH]cc(CCNC(=NCC(=O)N(C)C)NCCSC)c12.I. The lowest BCUT2D eigenvalue weighted by Crippen LogP contribution is -2.40. The third-order valence-electron chi connectivity index (χ3n) is 4.13. The molecule has 0 aliphatic rings. The molecule has 0 aliphatic heterocycles. The monoisotopic (exact) mass is 519 g/mol. The lowest BCUT2D eigenvalue weighted by Gasteiger charge is -2.13. The summed E-state index contributed by atoms with van der Waals surface area (Å²) in [6.45, 7) is 1.62. The third kappa shape index (κ3) is 7.08. The molecule has 0 saturated carbocycles. The van der Waals surface area contributed by atoms with Gasteiger partial charge in [-0.1, -0.05) is 6.07 Å². The molecule has 1 amide bonds. The minimum Gasteiger partial charge on any atom is -0.496 e. The number of thioether (sulfide) groups is 1. The molecular formula is C19H30IN5O2S. The first-order valence-electron chi connectivity index (χ1n) is 8.91. The van der Waals surface area contributed by atoms with E-state index >= 15 is 0 Å². The molecule has 0 unspecified atom stereocenters. The number of hydrogen-bond acceptors (Lipinski definition) is 4. The highest BCUT2D eigenvalue weighted by Gasteiger charge is 2.09. The highest BCUT2D eigenvalue weighted by atomic mass is 127. The van der Waals surface area contributed by atoms with Gasteiger partial charge in [-0.15, -0.1) is 24.0 Å². The second-order valence-electron chi connectivity index (χ2n) is 6.25. The number of fused-ring (bicyclic) bond motifs is 1. The maximum Gasteiger partial charge on any atom is 0.243 e. The zero-order chi connectivity index (χ0) is 19.6. The molecule has 0 fully saturated rings. The first-order chi connectivity index (χ1) is 13.1. The lowest BCUT2D eigenvalue weighted by atomic mass is 10.1. The smallest absolute Gasteiger partial charge is 0.243 e. The van der Waals surface area contributed by atoms with Crippen molar-refractivity contribution in [3.05, 3.63) is 30.0 Å². The molecule has 0 saturated heterocycles.